The van der Waals surface area contributed by atoms with Crippen molar-refractivity contribution in [1.82, 2.24) is 5.32 Å². The first-order valence-electron chi connectivity index (χ1n) is 5.08. The Labute approximate surface area is 99.4 Å². The van der Waals surface area contributed by atoms with Gasteiger partial charge in [-0.2, -0.15) is 0 Å². The number of rotatable bonds is 2. The second-order valence-corrected chi connectivity index (χ2v) is 3.64. The van der Waals surface area contributed by atoms with Crippen molar-refractivity contribution < 1.29 is 13.5 Å². The van der Waals surface area contributed by atoms with Gasteiger partial charge in [0.05, 0.1) is 0 Å². The van der Waals surface area contributed by atoms with Crippen molar-refractivity contribution in [3.05, 3.63) is 29.8 Å². The first kappa shape index (κ1) is 13.2. The minimum atomic E-state index is -0.505. The molecule has 1 N–H and O–H groups in total. The van der Waals surface area contributed by atoms with Crippen LogP contribution in [0.15, 0.2) is 18.2 Å². The van der Waals surface area contributed by atoms with Crippen LogP contribution in [0.1, 0.15) is 12.8 Å². The Morgan fingerprint density at radius 2 is 1.88 bits per heavy atom. The van der Waals surface area contributed by atoms with Crippen LogP contribution in [0.25, 0.3) is 0 Å². The lowest BCUT2D eigenvalue weighted by molar-refractivity contribution is 0.155. The maximum atomic E-state index is 13.2. The fourth-order valence-electron chi connectivity index (χ4n) is 1.66. The third-order valence-corrected chi connectivity index (χ3v) is 2.47. The van der Waals surface area contributed by atoms with Gasteiger partial charge in [-0.05, 0) is 38.1 Å². The zero-order valence-corrected chi connectivity index (χ0v) is 9.53. The van der Waals surface area contributed by atoms with E-state index in [2.05, 4.69) is 5.32 Å². The Morgan fingerprint density at radius 1 is 1.19 bits per heavy atom. The van der Waals surface area contributed by atoms with Gasteiger partial charge >= 0.3 is 0 Å². The van der Waals surface area contributed by atoms with Crippen LogP contribution in [0, 0.1) is 11.6 Å². The lowest BCUT2D eigenvalue weighted by Gasteiger charge is -2.23. The lowest BCUT2D eigenvalue weighted by atomic mass is 10.1. The number of ether oxygens (including phenoxy) is 1. The summed E-state index contributed by atoms with van der Waals surface area (Å²) in [5.74, 6) is -0.961. The first-order chi connectivity index (χ1) is 7.25. The Hall–Kier alpha value is -0.870. The molecule has 0 amide bonds. The fourth-order valence-corrected chi connectivity index (χ4v) is 1.66. The van der Waals surface area contributed by atoms with E-state index in [1.165, 1.54) is 0 Å². The molecular formula is C11H14ClF2NO. The molecule has 0 aromatic heterocycles. The summed E-state index contributed by atoms with van der Waals surface area (Å²) in [7, 11) is 0. The molecule has 1 aliphatic heterocycles. The number of hydrogen-bond acceptors (Lipinski definition) is 2. The smallest absolute Gasteiger partial charge is 0.165 e. The topological polar surface area (TPSA) is 21.3 Å². The van der Waals surface area contributed by atoms with E-state index in [4.69, 9.17) is 4.74 Å². The summed E-state index contributed by atoms with van der Waals surface area (Å²) in [6.45, 7) is 1.73. The quantitative estimate of drug-likeness (QED) is 0.870. The van der Waals surface area contributed by atoms with Gasteiger partial charge in [0.25, 0.3) is 0 Å². The van der Waals surface area contributed by atoms with Gasteiger partial charge in [-0.15, -0.1) is 12.4 Å². The Balaban J connectivity index is 0.00000128. The molecule has 1 aliphatic rings. The van der Waals surface area contributed by atoms with Gasteiger partial charge in [0.15, 0.2) is 11.6 Å². The van der Waals surface area contributed by atoms with Gasteiger partial charge in [0.1, 0.15) is 11.9 Å². The SMILES string of the molecule is Cl.Fc1ccc(F)c(OC2CCNCC2)c1. The molecule has 90 valence electrons. The fraction of sp³-hybridized carbons (Fsp3) is 0.455. The largest absolute Gasteiger partial charge is 0.487 e. The third kappa shape index (κ3) is 3.32. The molecule has 1 saturated heterocycles. The van der Waals surface area contributed by atoms with Gasteiger partial charge < -0.3 is 10.1 Å². The summed E-state index contributed by atoms with van der Waals surface area (Å²) in [5, 5.41) is 3.18. The van der Waals surface area contributed by atoms with Crippen LogP contribution in [0.5, 0.6) is 5.75 Å². The number of nitrogens with one attached hydrogen (secondary N) is 1. The van der Waals surface area contributed by atoms with E-state index >= 15 is 0 Å². The predicted octanol–water partition coefficient (Wildman–Crippen LogP) is 2.52. The van der Waals surface area contributed by atoms with Gasteiger partial charge in [-0.25, -0.2) is 8.78 Å². The van der Waals surface area contributed by atoms with Crippen molar-refractivity contribution in [2.45, 2.75) is 18.9 Å². The van der Waals surface area contributed by atoms with Crippen LogP contribution in [0.2, 0.25) is 0 Å². The molecule has 0 saturated carbocycles. The molecule has 0 spiro atoms. The molecule has 5 heteroatoms. The summed E-state index contributed by atoms with van der Waals surface area (Å²) in [4.78, 5) is 0. The number of piperidine rings is 1. The van der Waals surface area contributed by atoms with E-state index < -0.39 is 11.6 Å². The van der Waals surface area contributed by atoms with Crippen molar-refractivity contribution in [3.63, 3.8) is 0 Å². The highest BCUT2D eigenvalue weighted by Crippen LogP contribution is 2.21. The van der Waals surface area contributed by atoms with Gasteiger partial charge in [-0.1, -0.05) is 0 Å². The molecule has 1 aromatic carbocycles. The van der Waals surface area contributed by atoms with Crippen molar-refractivity contribution in [2.75, 3.05) is 13.1 Å². The Kier molecular flexibility index (Phi) is 4.96. The number of hydrogen-bond donors (Lipinski definition) is 1. The Morgan fingerprint density at radius 3 is 2.56 bits per heavy atom. The maximum absolute atomic E-state index is 13.2. The van der Waals surface area contributed by atoms with Crippen LogP contribution in [0.3, 0.4) is 0 Å². The first-order valence-corrected chi connectivity index (χ1v) is 5.08. The molecule has 1 heterocycles. The van der Waals surface area contributed by atoms with E-state index in [-0.39, 0.29) is 24.3 Å². The van der Waals surface area contributed by atoms with Crippen molar-refractivity contribution in [2.24, 2.45) is 0 Å². The molecule has 0 aliphatic carbocycles. The minimum Gasteiger partial charge on any atom is -0.487 e. The Bertz CT molecular complexity index is 343. The molecular weight excluding hydrogens is 236 g/mol. The zero-order chi connectivity index (χ0) is 10.7. The highest BCUT2D eigenvalue weighted by atomic mass is 35.5. The maximum Gasteiger partial charge on any atom is 0.165 e. The average Bonchev–Trinajstić information content (AvgIpc) is 2.25. The van der Waals surface area contributed by atoms with E-state index in [0.717, 1.165) is 44.1 Å². The minimum absolute atomic E-state index is 0. The van der Waals surface area contributed by atoms with Crippen molar-refractivity contribution >= 4 is 12.4 Å². The van der Waals surface area contributed by atoms with Crippen LogP contribution < -0.4 is 10.1 Å². The highest BCUT2D eigenvalue weighted by molar-refractivity contribution is 5.85. The van der Waals surface area contributed by atoms with Gasteiger partial charge in [0.2, 0.25) is 0 Å². The van der Waals surface area contributed by atoms with E-state index in [9.17, 15) is 8.78 Å². The van der Waals surface area contributed by atoms with Gasteiger partial charge in [0, 0.05) is 6.07 Å². The molecule has 2 rings (SSSR count). The third-order valence-electron chi connectivity index (χ3n) is 2.47. The summed E-state index contributed by atoms with van der Waals surface area (Å²) in [6, 6.07) is 3.27. The standard InChI is InChI=1S/C11H13F2NO.ClH/c12-8-1-2-10(13)11(7-8)15-9-3-5-14-6-4-9;/h1-2,7,9,14H,3-6H2;1H. The highest BCUT2D eigenvalue weighted by Gasteiger charge is 2.16. The molecule has 1 aromatic rings. The van der Waals surface area contributed by atoms with E-state index in [0.29, 0.717) is 0 Å². The molecule has 2 nitrogen and oxygen atoms in total. The predicted molar refractivity (Wildman–Crippen MR) is 60.1 cm³/mol. The summed E-state index contributed by atoms with van der Waals surface area (Å²) in [6.07, 6.45) is 1.65. The summed E-state index contributed by atoms with van der Waals surface area (Å²) < 4.78 is 31.5. The van der Waals surface area contributed by atoms with Crippen molar-refractivity contribution in [3.8, 4) is 5.75 Å². The van der Waals surface area contributed by atoms with Crippen LogP contribution in [-0.4, -0.2) is 19.2 Å². The molecule has 1 fully saturated rings. The second-order valence-electron chi connectivity index (χ2n) is 3.64. The van der Waals surface area contributed by atoms with Crippen LogP contribution >= 0.6 is 12.4 Å². The molecule has 0 unspecified atom stereocenters. The molecule has 16 heavy (non-hydrogen) atoms. The van der Waals surface area contributed by atoms with Crippen LogP contribution in [-0.2, 0) is 0 Å². The average molecular weight is 250 g/mol. The normalized spacial score (nSPS) is 16.6. The van der Waals surface area contributed by atoms with E-state index in [1.807, 2.05) is 0 Å². The second kappa shape index (κ2) is 6.01. The number of halogens is 3. The zero-order valence-electron chi connectivity index (χ0n) is 8.71. The molecule has 0 bridgehead atoms. The molecule has 0 radical (unpaired) electrons. The van der Waals surface area contributed by atoms with E-state index in [1.54, 1.807) is 0 Å². The molecule has 0 atom stereocenters. The number of benzene rings is 1. The summed E-state index contributed by atoms with van der Waals surface area (Å²) >= 11 is 0. The summed E-state index contributed by atoms with van der Waals surface area (Å²) in [5.41, 5.74) is 0. The lowest BCUT2D eigenvalue weighted by Crippen LogP contribution is -2.34. The monoisotopic (exact) mass is 249 g/mol. The van der Waals surface area contributed by atoms with Gasteiger partial charge in [-0.3, -0.25) is 0 Å². The van der Waals surface area contributed by atoms with Crippen molar-refractivity contribution in [1.29, 1.82) is 0 Å². The van der Waals surface area contributed by atoms with Crippen LogP contribution in [0.4, 0.5) is 8.78 Å².